The number of rotatable bonds is 8. The Bertz CT molecular complexity index is 1440. The van der Waals surface area contributed by atoms with Gasteiger partial charge >= 0.3 is 6.03 Å². The summed E-state index contributed by atoms with van der Waals surface area (Å²) in [5, 5.41) is 9.37. The van der Waals surface area contributed by atoms with E-state index in [4.69, 9.17) is 4.74 Å². The lowest BCUT2D eigenvalue weighted by Crippen LogP contribution is -2.39. The molecule has 0 atom stereocenters. The molecule has 2 amide bonds. The Morgan fingerprint density at radius 1 is 1.11 bits per heavy atom. The molecule has 14 heteroatoms. The molecule has 0 radical (unpaired) electrons. The van der Waals surface area contributed by atoms with Crippen LogP contribution in [0.2, 0.25) is 0 Å². The van der Waals surface area contributed by atoms with E-state index in [0.717, 1.165) is 28.4 Å². The number of hydrogen-bond donors (Lipinski definition) is 2. The first kappa shape index (κ1) is 29.7. The van der Waals surface area contributed by atoms with Gasteiger partial charge in [0, 0.05) is 11.6 Å². The van der Waals surface area contributed by atoms with Gasteiger partial charge in [0.25, 0.3) is 10.0 Å². The van der Waals surface area contributed by atoms with Crippen molar-refractivity contribution in [2.45, 2.75) is 49.3 Å². The summed E-state index contributed by atoms with van der Waals surface area (Å²) in [6.07, 6.45) is 0. The summed E-state index contributed by atoms with van der Waals surface area (Å²) in [5.74, 6) is -1.75. The Labute approximate surface area is 224 Å². The number of nitrogens with one attached hydrogen (secondary N) is 2. The highest BCUT2D eigenvalue weighted by Crippen LogP contribution is 2.40. The van der Waals surface area contributed by atoms with Gasteiger partial charge < -0.3 is 4.74 Å². The molecule has 0 spiro atoms. The van der Waals surface area contributed by atoms with Crippen molar-refractivity contribution in [3.05, 3.63) is 46.8 Å². The van der Waals surface area contributed by atoms with Crippen molar-refractivity contribution in [3.63, 3.8) is 0 Å². The van der Waals surface area contributed by atoms with Crippen molar-refractivity contribution in [2.75, 3.05) is 17.3 Å². The maximum Gasteiger partial charge on any atom is 0.344 e. The molecule has 0 fully saturated rings. The fourth-order valence-electron chi connectivity index (χ4n) is 3.43. The molecule has 0 saturated carbocycles. The van der Waals surface area contributed by atoms with Crippen LogP contribution in [0.4, 0.5) is 14.9 Å². The Balaban J connectivity index is 2.59. The number of carbonyl (C=O) groups is 1. The maximum atomic E-state index is 15.1. The maximum absolute atomic E-state index is 15.1. The predicted molar refractivity (Wildman–Crippen MR) is 141 cm³/mol. The molecule has 0 aliphatic rings. The van der Waals surface area contributed by atoms with E-state index in [-0.39, 0.29) is 33.4 Å². The third-order valence-corrected chi connectivity index (χ3v) is 8.91. The monoisotopic (exact) mass is 652 g/mol. The fourth-order valence-corrected chi connectivity index (χ4v) is 6.08. The van der Waals surface area contributed by atoms with E-state index in [0.29, 0.717) is 5.56 Å². The van der Waals surface area contributed by atoms with Gasteiger partial charge in [-0.1, -0.05) is 27.7 Å². The van der Waals surface area contributed by atoms with Crippen LogP contribution in [0.3, 0.4) is 0 Å². The van der Waals surface area contributed by atoms with Gasteiger partial charge in [0.15, 0.2) is 0 Å². The van der Waals surface area contributed by atoms with Crippen LogP contribution in [0.15, 0.2) is 34.1 Å². The second kappa shape index (κ2) is 11.3. The Morgan fingerprint density at radius 2 is 1.72 bits per heavy atom. The summed E-state index contributed by atoms with van der Waals surface area (Å²) in [5.41, 5.74) is 0.550. The van der Waals surface area contributed by atoms with E-state index in [1.807, 2.05) is 10.8 Å². The zero-order valence-corrected chi connectivity index (χ0v) is 24.2. The lowest BCUT2D eigenvalue weighted by Gasteiger charge is -2.26. The fraction of sp³-hybridized carbons (Fsp3) is 0.364. The van der Waals surface area contributed by atoms with Crippen molar-refractivity contribution in [2.24, 2.45) is 0 Å². The lowest BCUT2D eigenvalue weighted by atomic mass is 9.90. The number of nitrogens with zero attached hydrogens (tertiary/aromatic N) is 2. The normalized spacial score (nSPS) is 11.9. The molecule has 0 heterocycles. The van der Waals surface area contributed by atoms with Crippen molar-refractivity contribution in [1.82, 2.24) is 9.44 Å². The first-order chi connectivity index (χ1) is 16.6. The van der Waals surface area contributed by atoms with Gasteiger partial charge in [-0.05, 0) is 42.6 Å². The average Bonchev–Trinajstić information content (AvgIpc) is 2.81. The third kappa shape index (κ3) is 5.90. The molecule has 2 rings (SSSR count). The van der Waals surface area contributed by atoms with Crippen LogP contribution in [0.1, 0.15) is 56.2 Å². The minimum atomic E-state index is -4.55. The largest absolute Gasteiger partial charge is 0.495 e. The summed E-state index contributed by atoms with van der Waals surface area (Å²) in [7, 11) is -6.08. The minimum Gasteiger partial charge on any atom is -0.495 e. The van der Waals surface area contributed by atoms with Crippen LogP contribution in [0.5, 0.6) is 5.75 Å². The highest BCUT2D eigenvalue weighted by atomic mass is 127. The van der Waals surface area contributed by atoms with Crippen LogP contribution in [-0.2, 0) is 20.0 Å². The van der Waals surface area contributed by atoms with Crippen molar-refractivity contribution in [3.8, 4) is 11.8 Å². The second-order valence-electron chi connectivity index (χ2n) is 8.22. The zero-order valence-electron chi connectivity index (χ0n) is 20.4. The average molecular weight is 653 g/mol. The zero-order chi connectivity index (χ0) is 27.6. The molecule has 0 aliphatic carbocycles. The van der Waals surface area contributed by atoms with E-state index >= 15 is 4.39 Å². The highest BCUT2D eigenvalue weighted by molar-refractivity contribution is 14.1. The standard InChI is InChI=1S/C22H26FIN4O6S2/c1-12(2)16-9-14(11-25)20(23)19(13(3)4)21(16)28(24)22(29)27-36(32,33)18-8-7-15(10-17(18)34-6)35(30,31)26-5/h7-10,12-13,26H,1-6H3,(H,27,29). The number of anilines is 1. The molecular formula is C22H26FIN4O6S2. The summed E-state index contributed by atoms with van der Waals surface area (Å²) in [4.78, 5) is 12.4. The van der Waals surface area contributed by atoms with Gasteiger partial charge in [-0.25, -0.2) is 38.6 Å². The molecular weight excluding hydrogens is 626 g/mol. The SMILES string of the molecule is CNS(=O)(=O)c1ccc(S(=O)(=O)NC(=O)N(I)c2c(C(C)C)cc(C#N)c(F)c2C(C)C)c(OC)c1. The molecule has 0 aliphatic heterocycles. The number of sulfonamides is 2. The lowest BCUT2D eigenvalue weighted by molar-refractivity contribution is 0.255. The van der Waals surface area contributed by atoms with Crippen molar-refractivity contribution < 1.29 is 30.8 Å². The predicted octanol–water partition coefficient (Wildman–Crippen LogP) is 4.12. The number of ether oxygens (including phenoxy) is 1. The molecule has 2 N–H and O–H groups in total. The Hall–Kier alpha value is -2.48. The van der Waals surface area contributed by atoms with E-state index in [2.05, 4.69) is 4.72 Å². The van der Waals surface area contributed by atoms with E-state index in [1.165, 1.54) is 13.1 Å². The first-order valence-corrected chi connectivity index (χ1v) is 14.5. The molecule has 0 bridgehead atoms. The number of urea groups is 1. The van der Waals surface area contributed by atoms with Crippen LogP contribution in [-0.4, -0.2) is 37.0 Å². The van der Waals surface area contributed by atoms with Gasteiger partial charge in [-0.15, -0.1) is 0 Å². The summed E-state index contributed by atoms with van der Waals surface area (Å²) in [6, 6.07) is 5.13. The number of methoxy groups -OCH3 is 1. The molecule has 196 valence electrons. The second-order valence-corrected chi connectivity index (χ2v) is 12.7. The van der Waals surface area contributed by atoms with E-state index < -0.39 is 42.7 Å². The van der Waals surface area contributed by atoms with E-state index in [9.17, 15) is 26.9 Å². The van der Waals surface area contributed by atoms with Crippen LogP contribution in [0.25, 0.3) is 0 Å². The number of carbonyl (C=O) groups excluding carboxylic acids is 1. The van der Waals surface area contributed by atoms with Crippen LogP contribution in [0, 0.1) is 17.1 Å². The highest BCUT2D eigenvalue weighted by Gasteiger charge is 2.31. The quantitative estimate of drug-likeness (QED) is 0.323. The number of hydrogen-bond acceptors (Lipinski definition) is 7. The van der Waals surface area contributed by atoms with Crippen LogP contribution < -0.4 is 17.3 Å². The van der Waals surface area contributed by atoms with Gasteiger partial charge in [0.2, 0.25) is 10.0 Å². The summed E-state index contributed by atoms with van der Waals surface area (Å²) >= 11 is 1.58. The molecule has 0 aromatic heterocycles. The van der Waals surface area contributed by atoms with E-state index in [1.54, 1.807) is 50.6 Å². The number of halogens is 2. The van der Waals surface area contributed by atoms with Crippen molar-refractivity contribution in [1.29, 1.82) is 5.26 Å². The Morgan fingerprint density at radius 3 is 2.19 bits per heavy atom. The molecule has 36 heavy (non-hydrogen) atoms. The first-order valence-electron chi connectivity index (χ1n) is 10.5. The molecule has 2 aromatic carbocycles. The minimum absolute atomic E-state index is 0.0962. The number of nitriles is 1. The van der Waals surface area contributed by atoms with Crippen LogP contribution >= 0.6 is 22.9 Å². The van der Waals surface area contributed by atoms with Gasteiger partial charge in [0.05, 0.1) is 46.1 Å². The summed E-state index contributed by atoms with van der Waals surface area (Å²) in [6.45, 7) is 6.98. The smallest absolute Gasteiger partial charge is 0.344 e. The van der Waals surface area contributed by atoms with Gasteiger partial charge in [0.1, 0.15) is 22.5 Å². The molecule has 0 saturated heterocycles. The van der Waals surface area contributed by atoms with Gasteiger partial charge in [-0.3, -0.25) is 0 Å². The molecule has 10 nitrogen and oxygen atoms in total. The molecule has 0 unspecified atom stereocenters. The van der Waals surface area contributed by atoms with Crippen molar-refractivity contribution >= 4 is 54.6 Å². The number of amides is 2. The topological polar surface area (TPSA) is 146 Å². The third-order valence-electron chi connectivity index (χ3n) is 5.22. The summed E-state index contributed by atoms with van der Waals surface area (Å²) < 4.78 is 75.4. The molecule has 2 aromatic rings. The number of benzene rings is 2. The van der Waals surface area contributed by atoms with Gasteiger partial charge in [-0.2, -0.15) is 5.26 Å². The Kier molecular flexibility index (Phi) is 9.32.